The zero-order valence-electron chi connectivity index (χ0n) is 13.0. The van der Waals surface area contributed by atoms with E-state index in [2.05, 4.69) is 9.97 Å². The Morgan fingerprint density at radius 1 is 1.32 bits per heavy atom. The van der Waals surface area contributed by atoms with E-state index in [0.717, 1.165) is 0 Å². The minimum atomic E-state index is -0.501. The van der Waals surface area contributed by atoms with Gasteiger partial charge in [-0.15, -0.1) is 0 Å². The molecule has 1 saturated carbocycles. The van der Waals surface area contributed by atoms with Gasteiger partial charge in [-0.3, -0.25) is 0 Å². The molecule has 0 atom stereocenters. The number of hydrogen-bond acceptors (Lipinski definition) is 5. The Bertz CT molecular complexity index is 537. The van der Waals surface area contributed by atoms with Crippen LogP contribution in [0.5, 0.6) is 5.88 Å². The molecule has 0 N–H and O–H groups in total. The smallest absolute Gasteiger partial charge is 0.410 e. The maximum absolute atomic E-state index is 12.0. The molecule has 0 unspecified atom stereocenters. The Balaban J connectivity index is 1.83. The van der Waals surface area contributed by atoms with Gasteiger partial charge in [0.25, 0.3) is 0 Å². The monoisotopic (exact) mass is 347 g/mol. The van der Waals surface area contributed by atoms with Crippen molar-refractivity contribution in [3.63, 3.8) is 0 Å². The van der Waals surface area contributed by atoms with Gasteiger partial charge in [-0.05, 0) is 32.4 Å². The number of ether oxygens (including phenoxy) is 2. The van der Waals surface area contributed by atoms with Crippen LogP contribution < -0.4 is 4.74 Å². The van der Waals surface area contributed by atoms with E-state index in [4.69, 9.17) is 32.7 Å². The third-order valence-electron chi connectivity index (χ3n) is 3.23. The summed E-state index contributed by atoms with van der Waals surface area (Å²) >= 11 is 11.5. The number of nitrogens with zero attached hydrogens (tertiary/aromatic N) is 3. The average molecular weight is 348 g/mol. The second-order valence-electron chi connectivity index (χ2n) is 6.25. The van der Waals surface area contributed by atoms with Crippen LogP contribution in [0.2, 0.25) is 10.4 Å². The summed E-state index contributed by atoms with van der Waals surface area (Å²) < 4.78 is 11.0. The van der Waals surface area contributed by atoms with Crippen molar-refractivity contribution in [3.05, 3.63) is 16.5 Å². The molecule has 1 amide bonds. The molecule has 22 heavy (non-hydrogen) atoms. The molecule has 122 valence electrons. The molecular formula is C14H19Cl2N3O3. The predicted molar refractivity (Wildman–Crippen MR) is 83.5 cm³/mol. The molecule has 1 aromatic heterocycles. The summed E-state index contributed by atoms with van der Waals surface area (Å²) in [6, 6.07) is 1.60. The normalized spacial score (nSPS) is 21.0. The SMILES string of the molecule is CN(C(=O)OC(C)(C)C)[C@H]1C[C@H](Oc2cc(Cl)nc(Cl)n2)C1. The summed E-state index contributed by atoms with van der Waals surface area (Å²) in [6.45, 7) is 5.52. The lowest BCUT2D eigenvalue weighted by molar-refractivity contribution is -0.00965. The van der Waals surface area contributed by atoms with Crippen LogP contribution in [0.25, 0.3) is 0 Å². The molecular weight excluding hydrogens is 329 g/mol. The quantitative estimate of drug-likeness (QED) is 0.617. The van der Waals surface area contributed by atoms with Crippen molar-refractivity contribution in [2.45, 2.75) is 51.4 Å². The summed E-state index contributed by atoms with van der Waals surface area (Å²) in [5, 5.41) is 0.279. The highest BCUT2D eigenvalue weighted by Crippen LogP contribution is 2.30. The lowest BCUT2D eigenvalue weighted by Crippen LogP contribution is -2.51. The first-order chi connectivity index (χ1) is 10.1. The van der Waals surface area contributed by atoms with Crippen LogP contribution in [-0.2, 0) is 4.74 Å². The van der Waals surface area contributed by atoms with Crippen LogP contribution in [0.3, 0.4) is 0 Å². The lowest BCUT2D eigenvalue weighted by atomic mass is 9.88. The van der Waals surface area contributed by atoms with Gasteiger partial charge >= 0.3 is 6.09 Å². The van der Waals surface area contributed by atoms with Gasteiger partial charge in [0.15, 0.2) is 0 Å². The Morgan fingerprint density at radius 2 is 1.95 bits per heavy atom. The molecule has 0 saturated heterocycles. The summed E-state index contributed by atoms with van der Waals surface area (Å²) in [4.78, 5) is 21.3. The molecule has 1 aliphatic carbocycles. The minimum Gasteiger partial charge on any atom is -0.474 e. The van der Waals surface area contributed by atoms with E-state index in [-0.39, 0.29) is 28.7 Å². The molecule has 1 heterocycles. The van der Waals surface area contributed by atoms with E-state index in [1.807, 2.05) is 20.8 Å². The molecule has 8 heteroatoms. The highest BCUT2D eigenvalue weighted by Gasteiger charge is 2.37. The van der Waals surface area contributed by atoms with Gasteiger partial charge in [-0.2, -0.15) is 4.98 Å². The molecule has 0 aliphatic heterocycles. The third kappa shape index (κ3) is 4.61. The van der Waals surface area contributed by atoms with Crippen molar-refractivity contribution < 1.29 is 14.3 Å². The molecule has 1 fully saturated rings. The highest BCUT2D eigenvalue weighted by atomic mass is 35.5. The number of carbonyl (C=O) groups is 1. The molecule has 0 spiro atoms. The van der Waals surface area contributed by atoms with Crippen molar-refractivity contribution in [3.8, 4) is 5.88 Å². The fourth-order valence-electron chi connectivity index (χ4n) is 2.03. The predicted octanol–water partition coefficient (Wildman–Crippen LogP) is 3.56. The van der Waals surface area contributed by atoms with Crippen molar-refractivity contribution in [2.75, 3.05) is 7.05 Å². The maximum Gasteiger partial charge on any atom is 0.410 e. The summed E-state index contributed by atoms with van der Waals surface area (Å²) in [5.41, 5.74) is -0.501. The van der Waals surface area contributed by atoms with Gasteiger partial charge in [0.1, 0.15) is 16.9 Å². The zero-order valence-corrected chi connectivity index (χ0v) is 14.5. The first-order valence-electron chi connectivity index (χ1n) is 6.96. The van der Waals surface area contributed by atoms with Crippen LogP contribution in [0.1, 0.15) is 33.6 Å². The van der Waals surface area contributed by atoms with Gasteiger partial charge in [0.2, 0.25) is 11.2 Å². The zero-order chi connectivity index (χ0) is 16.5. The number of rotatable bonds is 3. The molecule has 1 aromatic rings. The van der Waals surface area contributed by atoms with E-state index >= 15 is 0 Å². The molecule has 6 nitrogen and oxygen atoms in total. The van der Waals surface area contributed by atoms with Crippen molar-refractivity contribution in [1.82, 2.24) is 14.9 Å². The van der Waals surface area contributed by atoms with Crippen molar-refractivity contribution in [2.24, 2.45) is 0 Å². The minimum absolute atomic E-state index is 0.0306. The fourth-order valence-corrected chi connectivity index (χ4v) is 2.43. The maximum atomic E-state index is 12.0. The molecule has 2 rings (SSSR count). The first-order valence-corrected chi connectivity index (χ1v) is 7.72. The molecule has 0 radical (unpaired) electrons. The Kier molecular flexibility index (Phi) is 5.02. The van der Waals surface area contributed by atoms with Crippen LogP contribution in [-0.4, -0.2) is 45.8 Å². The highest BCUT2D eigenvalue weighted by molar-refractivity contribution is 6.31. The third-order valence-corrected chi connectivity index (χ3v) is 3.59. The number of hydrogen-bond donors (Lipinski definition) is 0. The van der Waals surface area contributed by atoms with Crippen LogP contribution in [0, 0.1) is 0 Å². The standard InChI is InChI=1S/C14H19Cl2N3O3/c1-14(2,3)22-13(20)19(4)8-5-9(6-8)21-11-7-10(15)17-12(16)18-11/h7-9H,5-6H2,1-4H3/t8-,9-. The summed E-state index contributed by atoms with van der Waals surface area (Å²) in [6.07, 6.45) is 1.05. The van der Waals surface area contributed by atoms with E-state index in [0.29, 0.717) is 18.7 Å². The number of carbonyl (C=O) groups excluding carboxylic acids is 1. The van der Waals surface area contributed by atoms with Gasteiger partial charge < -0.3 is 14.4 Å². The van der Waals surface area contributed by atoms with Gasteiger partial charge in [0, 0.05) is 32.0 Å². The average Bonchev–Trinajstić information content (AvgIpc) is 2.29. The number of amides is 1. The molecule has 0 aromatic carbocycles. The van der Waals surface area contributed by atoms with E-state index in [9.17, 15) is 4.79 Å². The van der Waals surface area contributed by atoms with Crippen LogP contribution >= 0.6 is 23.2 Å². The summed E-state index contributed by atoms with van der Waals surface area (Å²) in [7, 11) is 1.73. The topological polar surface area (TPSA) is 64.6 Å². The van der Waals surface area contributed by atoms with E-state index in [1.54, 1.807) is 11.9 Å². The van der Waals surface area contributed by atoms with Gasteiger partial charge in [0.05, 0.1) is 0 Å². The number of halogens is 2. The Hall–Kier alpha value is -1.27. The molecule has 0 bridgehead atoms. The van der Waals surface area contributed by atoms with E-state index in [1.165, 1.54) is 6.07 Å². The first kappa shape index (κ1) is 17.1. The van der Waals surface area contributed by atoms with E-state index < -0.39 is 5.60 Å². The second-order valence-corrected chi connectivity index (χ2v) is 6.98. The van der Waals surface area contributed by atoms with Crippen molar-refractivity contribution >= 4 is 29.3 Å². The van der Waals surface area contributed by atoms with Crippen LogP contribution in [0.15, 0.2) is 6.07 Å². The second kappa shape index (κ2) is 6.46. The Morgan fingerprint density at radius 3 is 2.50 bits per heavy atom. The summed E-state index contributed by atoms with van der Waals surface area (Å²) in [5.74, 6) is 0.341. The number of aromatic nitrogens is 2. The van der Waals surface area contributed by atoms with Crippen LogP contribution in [0.4, 0.5) is 4.79 Å². The largest absolute Gasteiger partial charge is 0.474 e. The molecule has 1 aliphatic rings. The van der Waals surface area contributed by atoms with Gasteiger partial charge in [-0.1, -0.05) is 11.6 Å². The van der Waals surface area contributed by atoms with Crippen molar-refractivity contribution in [1.29, 1.82) is 0 Å². The van der Waals surface area contributed by atoms with Gasteiger partial charge in [-0.25, -0.2) is 9.78 Å². The Labute approximate surface area is 139 Å². The fraction of sp³-hybridized carbons (Fsp3) is 0.643. The lowest BCUT2D eigenvalue weighted by Gasteiger charge is -2.40.